The fourth-order valence-electron chi connectivity index (χ4n) is 0.136. The fraction of sp³-hybridized carbons (Fsp3) is 0.500. The molecule has 0 aliphatic rings. The van der Waals surface area contributed by atoms with Gasteiger partial charge in [-0.2, -0.15) is 0 Å². The molecule has 0 amide bonds. The van der Waals surface area contributed by atoms with Crippen LogP contribution in [0, 0.1) is 0 Å². The van der Waals surface area contributed by atoms with Crippen molar-refractivity contribution in [3.63, 3.8) is 0 Å². The smallest absolute Gasteiger partial charge is 0.0767 e. The maximum absolute atomic E-state index is 7.98. The molecule has 0 aliphatic heterocycles. The number of hydrogen-bond donors (Lipinski definition) is 2. The van der Waals surface area contributed by atoms with E-state index in [2.05, 4.69) is 0 Å². The Balaban J connectivity index is 3.03. The van der Waals surface area contributed by atoms with E-state index in [9.17, 15) is 0 Å². The second-order valence-electron chi connectivity index (χ2n) is 1.20. The van der Waals surface area contributed by atoms with E-state index in [4.69, 9.17) is 10.8 Å². The second-order valence-corrected chi connectivity index (χ2v) is 1.20. The normalized spacial score (nSPS) is 15.7. The van der Waals surface area contributed by atoms with Gasteiger partial charge in [0, 0.05) is 6.04 Å². The molecule has 0 aromatic rings. The van der Waals surface area contributed by atoms with Gasteiger partial charge in [0.05, 0.1) is 6.26 Å². The molecule has 0 heterocycles. The number of hydrogen-bond acceptors (Lipinski definition) is 2. The van der Waals surface area contributed by atoms with Gasteiger partial charge in [0.15, 0.2) is 0 Å². The van der Waals surface area contributed by atoms with Crippen molar-refractivity contribution in [3.05, 3.63) is 12.3 Å². The Bertz CT molecular complexity index is 49.5. The number of aliphatic hydroxyl groups excluding tert-OH is 1. The van der Waals surface area contributed by atoms with Crippen molar-refractivity contribution >= 4 is 0 Å². The third kappa shape index (κ3) is 3.50. The van der Waals surface area contributed by atoms with E-state index < -0.39 is 0 Å². The van der Waals surface area contributed by atoms with E-state index in [1.807, 2.05) is 0 Å². The first-order chi connectivity index (χ1) is 2.77. The topological polar surface area (TPSA) is 46.2 Å². The van der Waals surface area contributed by atoms with Crippen molar-refractivity contribution in [2.24, 2.45) is 5.73 Å². The molecule has 0 fully saturated rings. The highest BCUT2D eigenvalue weighted by Crippen LogP contribution is 1.72. The summed E-state index contributed by atoms with van der Waals surface area (Å²) in [7, 11) is 0. The Morgan fingerprint density at radius 1 is 1.83 bits per heavy atom. The van der Waals surface area contributed by atoms with E-state index in [1.165, 1.54) is 6.08 Å². The van der Waals surface area contributed by atoms with Crippen molar-refractivity contribution in [1.29, 1.82) is 0 Å². The Kier molecular flexibility index (Phi) is 2.50. The maximum Gasteiger partial charge on any atom is 0.0767 e. The van der Waals surface area contributed by atoms with Crippen LogP contribution in [-0.2, 0) is 0 Å². The van der Waals surface area contributed by atoms with Crippen LogP contribution in [0.1, 0.15) is 6.92 Å². The highest BCUT2D eigenvalue weighted by molar-refractivity contribution is 4.80. The molecule has 36 valence electrons. The zero-order valence-electron chi connectivity index (χ0n) is 3.76. The Morgan fingerprint density at radius 2 is 2.33 bits per heavy atom. The summed E-state index contributed by atoms with van der Waals surface area (Å²) >= 11 is 0. The Labute approximate surface area is 37.3 Å². The van der Waals surface area contributed by atoms with Crippen molar-refractivity contribution in [2.75, 3.05) is 0 Å². The van der Waals surface area contributed by atoms with Gasteiger partial charge in [0.25, 0.3) is 0 Å². The van der Waals surface area contributed by atoms with Gasteiger partial charge >= 0.3 is 0 Å². The quantitative estimate of drug-likeness (QED) is 0.455. The van der Waals surface area contributed by atoms with Crippen molar-refractivity contribution in [2.45, 2.75) is 13.0 Å². The van der Waals surface area contributed by atoms with E-state index >= 15 is 0 Å². The molecular weight excluding hydrogens is 78.0 g/mol. The SMILES string of the molecule is CC(N)/C=C\O. The van der Waals surface area contributed by atoms with Crippen LogP contribution in [-0.4, -0.2) is 11.1 Å². The van der Waals surface area contributed by atoms with Gasteiger partial charge in [-0.3, -0.25) is 0 Å². The molecule has 0 aliphatic carbocycles. The molecule has 0 bridgehead atoms. The fourth-order valence-corrected chi connectivity index (χ4v) is 0.136. The summed E-state index contributed by atoms with van der Waals surface area (Å²) in [5.74, 6) is 0. The minimum absolute atomic E-state index is 0.0324. The first-order valence-corrected chi connectivity index (χ1v) is 1.84. The first-order valence-electron chi connectivity index (χ1n) is 1.84. The van der Waals surface area contributed by atoms with Crippen LogP contribution in [0.15, 0.2) is 12.3 Å². The van der Waals surface area contributed by atoms with E-state index in [0.717, 1.165) is 6.26 Å². The molecule has 1 atom stereocenters. The van der Waals surface area contributed by atoms with Gasteiger partial charge in [-0.05, 0) is 13.0 Å². The third-order valence-electron chi connectivity index (χ3n) is 0.390. The van der Waals surface area contributed by atoms with E-state index in [-0.39, 0.29) is 6.04 Å². The molecular formula is C4H9NO. The lowest BCUT2D eigenvalue weighted by molar-refractivity contribution is 0.469. The second kappa shape index (κ2) is 2.72. The van der Waals surface area contributed by atoms with E-state index in [0.29, 0.717) is 0 Å². The van der Waals surface area contributed by atoms with Crippen molar-refractivity contribution in [1.82, 2.24) is 0 Å². The largest absolute Gasteiger partial charge is 0.516 e. The summed E-state index contributed by atoms with van der Waals surface area (Å²) in [6.07, 6.45) is 2.45. The van der Waals surface area contributed by atoms with Crippen LogP contribution < -0.4 is 5.73 Å². The maximum atomic E-state index is 7.98. The average molecular weight is 87.1 g/mol. The van der Waals surface area contributed by atoms with Crippen LogP contribution in [0.3, 0.4) is 0 Å². The molecule has 0 saturated heterocycles. The lowest BCUT2D eigenvalue weighted by Crippen LogP contribution is -2.09. The zero-order chi connectivity index (χ0) is 4.99. The Morgan fingerprint density at radius 3 is 2.33 bits per heavy atom. The molecule has 0 radical (unpaired) electrons. The van der Waals surface area contributed by atoms with Gasteiger partial charge in [0.2, 0.25) is 0 Å². The molecule has 3 N–H and O–H groups in total. The minimum atomic E-state index is -0.0324. The van der Waals surface area contributed by atoms with Crippen molar-refractivity contribution < 1.29 is 5.11 Å². The molecule has 6 heavy (non-hydrogen) atoms. The van der Waals surface area contributed by atoms with Crippen molar-refractivity contribution in [3.8, 4) is 0 Å². The monoisotopic (exact) mass is 87.1 g/mol. The van der Waals surface area contributed by atoms with Crippen LogP contribution in [0.4, 0.5) is 0 Å². The molecule has 1 unspecified atom stereocenters. The number of nitrogens with two attached hydrogens (primary N) is 1. The lowest BCUT2D eigenvalue weighted by atomic mass is 10.4. The predicted octanol–water partition coefficient (Wildman–Crippen LogP) is 0.405. The van der Waals surface area contributed by atoms with Crippen LogP contribution in [0.5, 0.6) is 0 Å². The summed E-state index contributed by atoms with van der Waals surface area (Å²) in [5.41, 5.74) is 5.16. The van der Waals surface area contributed by atoms with E-state index in [1.54, 1.807) is 6.92 Å². The molecule has 0 aromatic carbocycles. The van der Waals surface area contributed by atoms with Crippen LogP contribution in [0.2, 0.25) is 0 Å². The van der Waals surface area contributed by atoms with Gasteiger partial charge in [-0.1, -0.05) is 0 Å². The number of aliphatic hydroxyl groups is 1. The summed E-state index contributed by atoms with van der Waals surface area (Å²) < 4.78 is 0. The summed E-state index contributed by atoms with van der Waals surface area (Å²) in [5, 5.41) is 7.98. The third-order valence-corrected chi connectivity index (χ3v) is 0.390. The molecule has 2 nitrogen and oxygen atoms in total. The molecule has 0 rings (SSSR count). The first kappa shape index (κ1) is 5.50. The summed E-state index contributed by atoms with van der Waals surface area (Å²) in [6, 6.07) is -0.0324. The van der Waals surface area contributed by atoms with Gasteiger partial charge in [-0.15, -0.1) is 0 Å². The van der Waals surface area contributed by atoms with Gasteiger partial charge in [-0.25, -0.2) is 0 Å². The highest BCUT2D eigenvalue weighted by atomic mass is 16.2. The molecule has 2 heteroatoms. The minimum Gasteiger partial charge on any atom is -0.516 e. The number of rotatable bonds is 1. The average Bonchev–Trinajstić information content (AvgIpc) is 1.35. The van der Waals surface area contributed by atoms with Crippen LogP contribution in [0.25, 0.3) is 0 Å². The molecule has 0 saturated carbocycles. The summed E-state index contributed by atoms with van der Waals surface area (Å²) in [6.45, 7) is 1.78. The molecule has 0 aromatic heterocycles. The lowest BCUT2D eigenvalue weighted by Gasteiger charge is -1.87. The van der Waals surface area contributed by atoms with Gasteiger partial charge < -0.3 is 10.8 Å². The highest BCUT2D eigenvalue weighted by Gasteiger charge is 1.77. The Hall–Kier alpha value is -0.500. The molecule has 0 spiro atoms. The summed E-state index contributed by atoms with van der Waals surface area (Å²) in [4.78, 5) is 0. The van der Waals surface area contributed by atoms with Gasteiger partial charge in [0.1, 0.15) is 0 Å². The predicted molar refractivity (Wildman–Crippen MR) is 25.4 cm³/mol. The zero-order valence-corrected chi connectivity index (χ0v) is 3.76. The standard InChI is InChI=1S/C4H9NO/c1-4(5)2-3-6/h2-4,6H,5H2,1H3/b3-2-. The van der Waals surface area contributed by atoms with Crippen LogP contribution >= 0.6 is 0 Å².